The van der Waals surface area contributed by atoms with Crippen LogP contribution in [-0.2, 0) is 9.53 Å². The topological polar surface area (TPSA) is 26.3 Å². The van der Waals surface area contributed by atoms with Gasteiger partial charge in [-0.15, -0.1) is 0 Å². The molecule has 1 unspecified atom stereocenters. The highest BCUT2D eigenvalue weighted by atomic mass is 16.5. The third-order valence-corrected chi connectivity index (χ3v) is 5.49. The lowest BCUT2D eigenvalue weighted by molar-refractivity contribution is -0.144. The molecule has 2 heteroatoms. The van der Waals surface area contributed by atoms with Crippen LogP contribution >= 0.6 is 0 Å². The van der Waals surface area contributed by atoms with Gasteiger partial charge < -0.3 is 4.74 Å². The molecule has 0 fully saturated rings. The van der Waals surface area contributed by atoms with Crippen molar-refractivity contribution in [2.24, 2.45) is 11.3 Å². The van der Waals surface area contributed by atoms with Gasteiger partial charge in [-0.2, -0.15) is 0 Å². The number of rotatable bonds is 19. The van der Waals surface area contributed by atoms with Crippen molar-refractivity contribution in [1.29, 1.82) is 0 Å². The molecule has 0 rings (SSSR count). The zero-order valence-corrected chi connectivity index (χ0v) is 20.1. The minimum Gasteiger partial charge on any atom is -0.466 e. The normalized spacial score (nSPS) is 12.9. The van der Waals surface area contributed by atoms with E-state index in [1.165, 1.54) is 89.9 Å². The van der Waals surface area contributed by atoms with E-state index in [0.717, 1.165) is 12.8 Å². The highest BCUT2D eigenvalue weighted by molar-refractivity contribution is 5.69. The van der Waals surface area contributed by atoms with Crippen LogP contribution < -0.4 is 0 Å². The summed E-state index contributed by atoms with van der Waals surface area (Å²) in [5, 5.41) is 0. The zero-order chi connectivity index (χ0) is 21.1. The Morgan fingerprint density at radius 2 is 1.11 bits per heavy atom. The largest absolute Gasteiger partial charge is 0.466 e. The Morgan fingerprint density at radius 1 is 0.714 bits per heavy atom. The standard InChI is InChI=1S/C26H52O2/c1-6-7-8-9-10-11-12-13-14-15-16-17-18-19-20-21-28-25(27)22-24(2)23-26(3,4)5/h24H,6-23H2,1-5H3. The van der Waals surface area contributed by atoms with Crippen LogP contribution in [0.3, 0.4) is 0 Å². The van der Waals surface area contributed by atoms with E-state index < -0.39 is 0 Å². The average Bonchev–Trinajstić information content (AvgIpc) is 2.59. The molecule has 0 bridgehead atoms. The lowest BCUT2D eigenvalue weighted by Gasteiger charge is -2.22. The van der Waals surface area contributed by atoms with E-state index in [4.69, 9.17) is 4.74 Å². The van der Waals surface area contributed by atoms with E-state index in [9.17, 15) is 4.79 Å². The molecule has 0 saturated heterocycles. The van der Waals surface area contributed by atoms with Crippen LogP contribution in [-0.4, -0.2) is 12.6 Å². The second-order valence-corrected chi connectivity index (χ2v) is 10.2. The molecule has 0 amide bonds. The first-order chi connectivity index (χ1) is 13.3. The van der Waals surface area contributed by atoms with Crippen LogP contribution in [0.1, 0.15) is 144 Å². The summed E-state index contributed by atoms with van der Waals surface area (Å²) in [5.74, 6) is 0.399. The van der Waals surface area contributed by atoms with Gasteiger partial charge in [-0.1, -0.05) is 125 Å². The molecule has 0 aliphatic rings. The molecule has 0 N–H and O–H groups in total. The van der Waals surface area contributed by atoms with Crippen LogP contribution in [0.25, 0.3) is 0 Å². The van der Waals surface area contributed by atoms with Crippen molar-refractivity contribution in [3.05, 3.63) is 0 Å². The molecule has 0 aliphatic carbocycles. The van der Waals surface area contributed by atoms with Gasteiger partial charge in [0.1, 0.15) is 0 Å². The van der Waals surface area contributed by atoms with Crippen molar-refractivity contribution in [3.8, 4) is 0 Å². The van der Waals surface area contributed by atoms with Crippen molar-refractivity contribution in [1.82, 2.24) is 0 Å². The fourth-order valence-electron chi connectivity index (χ4n) is 4.12. The molecule has 0 aromatic heterocycles. The first-order valence-corrected chi connectivity index (χ1v) is 12.5. The minimum atomic E-state index is -0.0119. The maximum atomic E-state index is 11.9. The number of ether oxygens (including phenoxy) is 1. The van der Waals surface area contributed by atoms with Crippen LogP contribution in [0.4, 0.5) is 0 Å². The first-order valence-electron chi connectivity index (χ1n) is 12.5. The van der Waals surface area contributed by atoms with Crippen molar-refractivity contribution in [2.75, 3.05) is 6.61 Å². The third kappa shape index (κ3) is 21.8. The van der Waals surface area contributed by atoms with Gasteiger partial charge in [0, 0.05) is 6.42 Å². The van der Waals surface area contributed by atoms with E-state index >= 15 is 0 Å². The van der Waals surface area contributed by atoms with Gasteiger partial charge in [0.2, 0.25) is 0 Å². The minimum absolute atomic E-state index is 0.0119. The second-order valence-electron chi connectivity index (χ2n) is 10.2. The quantitative estimate of drug-likeness (QED) is 0.161. The van der Waals surface area contributed by atoms with Gasteiger partial charge in [-0.05, 0) is 24.2 Å². The summed E-state index contributed by atoms with van der Waals surface area (Å²) in [6.07, 6.45) is 22.1. The predicted molar refractivity (Wildman–Crippen MR) is 124 cm³/mol. The second kappa shape index (κ2) is 18.5. The van der Waals surface area contributed by atoms with Gasteiger partial charge in [0.25, 0.3) is 0 Å². The molecule has 0 heterocycles. The Labute approximate surface area is 177 Å². The predicted octanol–water partition coefficient (Wildman–Crippen LogP) is 8.86. The summed E-state index contributed by atoms with van der Waals surface area (Å²) < 4.78 is 5.40. The SMILES string of the molecule is CCCCCCCCCCCCCCCCCOC(=O)CC(C)CC(C)(C)C. The van der Waals surface area contributed by atoms with Crippen molar-refractivity contribution < 1.29 is 9.53 Å². The summed E-state index contributed by atoms with van der Waals surface area (Å²) in [7, 11) is 0. The number of hydrogen-bond acceptors (Lipinski definition) is 2. The molecular weight excluding hydrogens is 344 g/mol. The Kier molecular flexibility index (Phi) is 18.1. The number of unbranched alkanes of at least 4 members (excludes halogenated alkanes) is 14. The molecule has 1 atom stereocenters. The summed E-state index contributed by atoms with van der Waals surface area (Å²) in [6, 6.07) is 0. The molecule has 0 radical (unpaired) electrons. The van der Waals surface area contributed by atoms with E-state index in [0.29, 0.717) is 18.9 Å². The third-order valence-electron chi connectivity index (χ3n) is 5.49. The van der Waals surface area contributed by atoms with Gasteiger partial charge >= 0.3 is 5.97 Å². The fourth-order valence-corrected chi connectivity index (χ4v) is 4.12. The molecule has 28 heavy (non-hydrogen) atoms. The lowest BCUT2D eigenvalue weighted by atomic mass is 9.84. The zero-order valence-electron chi connectivity index (χ0n) is 20.1. The molecule has 0 aromatic rings. The van der Waals surface area contributed by atoms with Crippen molar-refractivity contribution in [3.63, 3.8) is 0 Å². The number of carbonyl (C=O) groups excluding carboxylic acids is 1. The molecule has 168 valence electrons. The fraction of sp³-hybridized carbons (Fsp3) is 0.962. The summed E-state index contributed by atoms with van der Waals surface area (Å²) >= 11 is 0. The molecule has 0 saturated carbocycles. The van der Waals surface area contributed by atoms with Gasteiger partial charge in [-0.3, -0.25) is 4.79 Å². The Hall–Kier alpha value is -0.530. The van der Waals surface area contributed by atoms with Crippen LogP contribution in [0.5, 0.6) is 0 Å². The molecule has 0 spiro atoms. The van der Waals surface area contributed by atoms with Gasteiger partial charge in [-0.25, -0.2) is 0 Å². The number of hydrogen-bond donors (Lipinski definition) is 0. The number of carbonyl (C=O) groups is 1. The van der Waals surface area contributed by atoms with E-state index in [2.05, 4.69) is 34.6 Å². The Bertz CT molecular complexity index is 343. The summed E-state index contributed by atoms with van der Waals surface area (Å²) in [4.78, 5) is 11.9. The van der Waals surface area contributed by atoms with Crippen molar-refractivity contribution >= 4 is 5.97 Å². The monoisotopic (exact) mass is 396 g/mol. The highest BCUT2D eigenvalue weighted by Gasteiger charge is 2.18. The molecular formula is C26H52O2. The van der Waals surface area contributed by atoms with E-state index in [1.54, 1.807) is 0 Å². The van der Waals surface area contributed by atoms with E-state index in [-0.39, 0.29) is 11.4 Å². The van der Waals surface area contributed by atoms with E-state index in [1.807, 2.05) is 0 Å². The Balaban J connectivity index is 3.26. The molecule has 0 aromatic carbocycles. The average molecular weight is 397 g/mol. The summed E-state index contributed by atoms with van der Waals surface area (Å²) in [5.41, 5.74) is 0.286. The van der Waals surface area contributed by atoms with Gasteiger partial charge in [0.05, 0.1) is 6.61 Å². The van der Waals surface area contributed by atoms with Crippen LogP contribution in [0.2, 0.25) is 0 Å². The summed E-state index contributed by atoms with van der Waals surface area (Å²) in [6.45, 7) is 11.7. The maximum Gasteiger partial charge on any atom is 0.306 e. The smallest absolute Gasteiger partial charge is 0.306 e. The Morgan fingerprint density at radius 3 is 1.50 bits per heavy atom. The highest BCUT2D eigenvalue weighted by Crippen LogP contribution is 2.26. The van der Waals surface area contributed by atoms with Gasteiger partial charge in [0.15, 0.2) is 0 Å². The van der Waals surface area contributed by atoms with Crippen LogP contribution in [0, 0.1) is 11.3 Å². The molecule has 0 aliphatic heterocycles. The van der Waals surface area contributed by atoms with Crippen molar-refractivity contribution in [2.45, 2.75) is 144 Å². The number of esters is 1. The lowest BCUT2D eigenvalue weighted by Crippen LogP contribution is -2.16. The maximum absolute atomic E-state index is 11.9. The first kappa shape index (κ1) is 27.5. The molecule has 2 nitrogen and oxygen atoms in total. The van der Waals surface area contributed by atoms with Crippen LogP contribution in [0.15, 0.2) is 0 Å².